The first-order chi connectivity index (χ1) is 10.8. The summed E-state index contributed by atoms with van der Waals surface area (Å²) in [6.07, 6.45) is 0.514. The highest BCUT2D eigenvalue weighted by Crippen LogP contribution is 2.13. The first-order valence-corrected chi connectivity index (χ1v) is 11.1. The first-order valence-electron chi connectivity index (χ1n) is 6.94. The Kier molecular flexibility index (Phi) is 5.90. The summed E-state index contributed by atoms with van der Waals surface area (Å²) in [7, 11) is -7.78. The molecule has 1 aromatic carbocycles. The summed E-state index contributed by atoms with van der Waals surface area (Å²) in [4.78, 5) is 4.88. The largest absolute Gasteiger partial charge is 0.250 e. The third-order valence-electron chi connectivity index (χ3n) is 3.20. The van der Waals surface area contributed by atoms with Gasteiger partial charge in [0.1, 0.15) is 0 Å². The Bertz CT molecular complexity index is 843. The normalized spacial score (nSPS) is 12.4. The number of nitrogens with one attached hydrogen (secondary N) is 1. The number of nitrogens with zero attached hydrogens (tertiary/aromatic N) is 1. The van der Waals surface area contributed by atoms with Crippen molar-refractivity contribution in [3.63, 3.8) is 0 Å². The van der Waals surface area contributed by atoms with Crippen LogP contribution in [0.5, 0.6) is 0 Å². The molecule has 23 heavy (non-hydrogen) atoms. The van der Waals surface area contributed by atoms with Crippen LogP contribution in [0.3, 0.4) is 0 Å². The average molecular weight is 375 g/mol. The second kappa shape index (κ2) is 7.52. The fraction of sp³-hybridized carbons (Fsp3) is 0.357. The van der Waals surface area contributed by atoms with E-state index in [0.29, 0.717) is 0 Å². The van der Waals surface area contributed by atoms with Crippen molar-refractivity contribution < 1.29 is 16.8 Å². The SMILES string of the molecule is Cc1ncsc1CCS(=O)(=O)NS(=O)(=O)CCc1ccccc1. The predicted molar refractivity (Wildman–Crippen MR) is 91.4 cm³/mol. The van der Waals surface area contributed by atoms with Gasteiger partial charge in [-0.2, -0.15) is 0 Å². The van der Waals surface area contributed by atoms with Gasteiger partial charge < -0.3 is 0 Å². The van der Waals surface area contributed by atoms with E-state index in [-0.39, 0.29) is 24.3 Å². The van der Waals surface area contributed by atoms with Crippen molar-refractivity contribution >= 4 is 31.4 Å². The average Bonchev–Trinajstić information content (AvgIpc) is 2.89. The first kappa shape index (κ1) is 18.1. The molecule has 0 fully saturated rings. The molecule has 0 saturated carbocycles. The van der Waals surface area contributed by atoms with Crippen molar-refractivity contribution in [2.75, 3.05) is 11.5 Å². The summed E-state index contributed by atoms with van der Waals surface area (Å²) in [5.74, 6) is -0.545. The molecular weight excluding hydrogens is 356 g/mol. The van der Waals surface area contributed by atoms with Gasteiger partial charge in [-0.1, -0.05) is 30.3 Å². The van der Waals surface area contributed by atoms with Crippen LogP contribution >= 0.6 is 11.3 Å². The number of hydrogen-bond acceptors (Lipinski definition) is 6. The van der Waals surface area contributed by atoms with E-state index in [9.17, 15) is 16.8 Å². The Morgan fingerprint density at radius 1 is 1.00 bits per heavy atom. The maximum absolute atomic E-state index is 12.0. The second-order valence-electron chi connectivity index (χ2n) is 5.07. The lowest BCUT2D eigenvalue weighted by molar-refractivity contribution is 0.576. The fourth-order valence-corrected chi connectivity index (χ4v) is 6.07. The smallest absolute Gasteiger partial charge is 0.224 e. The van der Waals surface area contributed by atoms with E-state index in [1.807, 2.05) is 22.3 Å². The van der Waals surface area contributed by atoms with Crippen LogP contribution in [0.15, 0.2) is 35.8 Å². The van der Waals surface area contributed by atoms with Crippen molar-refractivity contribution in [1.82, 2.24) is 9.11 Å². The molecule has 0 unspecified atom stereocenters. The molecule has 6 nitrogen and oxygen atoms in total. The third kappa shape index (κ3) is 6.02. The molecule has 0 spiro atoms. The Labute approximate surface area is 140 Å². The van der Waals surface area contributed by atoms with Gasteiger partial charge in [0.25, 0.3) is 0 Å². The molecule has 9 heteroatoms. The monoisotopic (exact) mass is 374 g/mol. The lowest BCUT2D eigenvalue weighted by Crippen LogP contribution is -2.35. The highest BCUT2D eigenvalue weighted by Gasteiger charge is 2.21. The van der Waals surface area contributed by atoms with Gasteiger partial charge in [-0.15, -0.1) is 15.5 Å². The number of thiazole rings is 1. The number of hydrogen-bond donors (Lipinski definition) is 1. The Balaban J connectivity index is 1.91. The third-order valence-corrected chi connectivity index (χ3v) is 7.71. The highest BCUT2D eigenvalue weighted by molar-refractivity contribution is 8.04. The van der Waals surface area contributed by atoms with Crippen LogP contribution in [-0.2, 0) is 32.9 Å². The summed E-state index contributed by atoms with van der Waals surface area (Å²) in [5, 5.41) is 0. The molecule has 0 aliphatic carbocycles. The van der Waals surface area contributed by atoms with Crippen molar-refractivity contribution in [3.8, 4) is 0 Å². The summed E-state index contributed by atoms with van der Waals surface area (Å²) in [6, 6.07) is 9.06. The van der Waals surface area contributed by atoms with Crippen LogP contribution in [0.25, 0.3) is 0 Å². The van der Waals surface area contributed by atoms with Gasteiger partial charge in [-0.25, -0.2) is 21.8 Å². The van der Waals surface area contributed by atoms with Gasteiger partial charge in [-0.05, 0) is 25.3 Å². The van der Waals surface area contributed by atoms with Gasteiger partial charge in [0, 0.05) is 4.88 Å². The van der Waals surface area contributed by atoms with E-state index in [4.69, 9.17) is 0 Å². The number of rotatable bonds is 8. The summed E-state index contributed by atoms with van der Waals surface area (Å²) >= 11 is 1.36. The van der Waals surface area contributed by atoms with Crippen LogP contribution in [0.4, 0.5) is 0 Å². The number of sulfonamides is 2. The molecule has 1 N–H and O–H groups in total. The van der Waals surface area contributed by atoms with Crippen LogP contribution in [-0.4, -0.2) is 33.3 Å². The standard InChI is InChI=1S/C14H18N2O4S3/c1-12-14(21-11-15-12)8-10-23(19,20)16-22(17,18)9-7-13-5-3-2-4-6-13/h2-6,11,16H,7-10H2,1H3. The van der Waals surface area contributed by atoms with Crippen molar-refractivity contribution in [2.24, 2.45) is 0 Å². The van der Waals surface area contributed by atoms with Gasteiger partial charge in [0.05, 0.1) is 22.7 Å². The summed E-state index contributed by atoms with van der Waals surface area (Å²) in [5.41, 5.74) is 3.26. The number of benzene rings is 1. The molecule has 0 amide bonds. The van der Waals surface area contributed by atoms with E-state index < -0.39 is 20.0 Å². The molecule has 0 saturated heterocycles. The molecule has 2 aromatic rings. The van der Waals surface area contributed by atoms with E-state index >= 15 is 0 Å². The van der Waals surface area contributed by atoms with E-state index in [1.165, 1.54) is 11.3 Å². The molecule has 1 heterocycles. The van der Waals surface area contributed by atoms with Gasteiger partial charge in [0.2, 0.25) is 20.0 Å². The minimum absolute atomic E-state index is 0.250. The molecule has 0 radical (unpaired) electrons. The zero-order valence-electron chi connectivity index (χ0n) is 12.6. The highest BCUT2D eigenvalue weighted by atomic mass is 32.3. The van der Waals surface area contributed by atoms with Gasteiger partial charge >= 0.3 is 0 Å². The molecule has 0 aliphatic rings. The topological polar surface area (TPSA) is 93.2 Å². The number of aromatic nitrogens is 1. The van der Waals surface area contributed by atoms with Crippen molar-refractivity contribution in [1.29, 1.82) is 0 Å². The molecule has 1 aromatic heterocycles. The zero-order chi connectivity index (χ0) is 16.9. The fourth-order valence-electron chi connectivity index (χ4n) is 1.97. The van der Waals surface area contributed by atoms with Crippen LogP contribution < -0.4 is 4.13 Å². The molecule has 0 bridgehead atoms. The van der Waals surface area contributed by atoms with E-state index in [1.54, 1.807) is 24.6 Å². The lowest BCUT2D eigenvalue weighted by atomic mass is 10.2. The van der Waals surface area contributed by atoms with Crippen LogP contribution in [0.2, 0.25) is 0 Å². The molecule has 0 aliphatic heterocycles. The van der Waals surface area contributed by atoms with E-state index in [0.717, 1.165) is 16.1 Å². The van der Waals surface area contributed by atoms with Gasteiger partial charge in [-0.3, -0.25) is 0 Å². The van der Waals surface area contributed by atoms with E-state index in [2.05, 4.69) is 4.98 Å². The Hall–Kier alpha value is -1.29. The summed E-state index contributed by atoms with van der Waals surface area (Å²) in [6.45, 7) is 1.79. The predicted octanol–water partition coefficient (Wildman–Crippen LogP) is 1.49. The minimum atomic E-state index is -3.90. The molecule has 126 valence electrons. The minimum Gasteiger partial charge on any atom is -0.250 e. The quantitative estimate of drug-likeness (QED) is 0.755. The Morgan fingerprint density at radius 3 is 2.17 bits per heavy atom. The number of aryl methyl sites for hydroxylation is 3. The van der Waals surface area contributed by atoms with Gasteiger partial charge in [0.15, 0.2) is 0 Å². The second-order valence-corrected chi connectivity index (χ2v) is 9.95. The maximum Gasteiger partial charge on any atom is 0.224 e. The summed E-state index contributed by atoms with van der Waals surface area (Å²) < 4.78 is 49.6. The van der Waals surface area contributed by atoms with Crippen molar-refractivity contribution in [2.45, 2.75) is 19.8 Å². The molecular formula is C14H18N2O4S3. The van der Waals surface area contributed by atoms with Crippen molar-refractivity contribution in [3.05, 3.63) is 52.0 Å². The lowest BCUT2D eigenvalue weighted by Gasteiger charge is -2.08. The Morgan fingerprint density at radius 2 is 1.61 bits per heavy atom. The molecule has 2 rings (SSSR count). The maximum atomic E-state index is 12.0. The molecule has 0 atom stereocenters. The zero-order valence-corrected chi connectivity index (χ0v) is 15.0. The van der Waals surface area contributed by atoms with Crippen LogP contribution in [0, 0.1) is 6.92 Å². The van der Waals surface area contributed by atoms with Crippen LogP contribution in [0.1, 0.15) is 16.1 Å².